The quantitative estimate of drug-likeness (QED) is 0.754. The average molecular weight is 217 g/mol. The van der Waals surface area contributed by atoms with Crippen LogP contribution in [0, 0.1) is 5.82 Å². The first-order valence-electron chi connectivity index (χ1n) is 3.99. The molecule has 0 aliphatic carbocycles. The summed E-state index contributed by atoms with van der Waals surface area (Å²) in [5, 5.41) is 0. The molecule has 14 heavy (non-hydrogen) atoms. The number of benzene rings is 1. The van der Waals surface area contributed by atoms with Crippen molar-refractivity contribution in [2.75, 3.05) is 6.61 Å². The molecular formula is C8H8FNO3S. The van der Waals surface area contributed by atoms with Crippen molar-refractivity contribution in [3.05, 3.63) is 35.6 Å². The molecule has 1 fully saturated rings. The molecule has 0 radical (unpaired) electrons. The maximum Gasteiger partial charge on any atom is 0.336 e. The Morgan fingerprint density at radius 3 is 2.86 bits per heavy atom. The number of hydrogen-bond acceptors (Lipinski definition) is 3. The van der Waals surface area contributed by atoms with Gasteiger partial charge in [-0.15, -0.1) is 0 Å². The molecule has 0 spiro atoms. The van der Waals surface area contributed by atoms with Gasteiger partial charge in [-0.3, -0.25) is 4.18 Å². The monoisotopic (exact) mass is 217 g/mol. The molecule has 0 bridgehead atoms. The molecular weight excluding hydrogens is 209 g/mol. The van der Waals surface area contributed by atoms with Crippen molar-refractivity contribution >= 4 is 10.3 Å². The fraction of sp³-hybridized carbons (Fsp3) is 0.250. The highest BCUT2D eigenvalue weighted by atomic mass is 32.2. The van der Waals surface area contributed by atoms with Crippen molar-refractivity contribution in [2.24, 2.45) is 0 Å². The van der Waals surface area contributed by atoms with Gasteiger partial charge in [0.15, 0.2) is 0 Å². The van der Waals surface area contributed by atoms with E-state index in [1.807, 2.05) is 0 Å². The second-order valence-corrected chi connectivity index (χ2v) is 4.34. The molecule has 0 saturated carbocycles. The van der Waals surface area contributed by atoms with Gasteiger partial charge in [0, 0.05) is 0 Å². The normalized spacial score (nSPS) is 25.1. The summed E-state index contributed by atoms with van der Waals surface area (Å²) in [7, 11) is -3.63. The molecule has 0 amide bonds. The first kappa shape index (κ1) is 9.57. The van der Waals surface area contributed by atoms with E-state index in [0.717, 1.165) is 0 Å². The fourth-order valence-electron chi connectivity index (χ4n) is 1.29. The smallest absolute Gasteiger partial charge is 0.256 e. The molecule has 1 aromatic rings. The summed E-state index contributed by atoms with van der Waals surface area (Å²) in [5.74, 6) is -0.395. The third kappa shape index (κ3) is 1.92. The summed E-state index contributed by atoms with van der Waals surface area (Å²) in [6, 6.07) is 5.26. The van der Waals surface area contributed by atoms with Crippen LogP contribution in [-0.2, 0) is 14.5 Å². The number of hydrogen-bond donors (Lipinski definition) is 1. The van der Waals surface area contributed by atoms with Gasteiger partial charge in [0.2, 0.25) is 0 Å². The van der Waals surface area contributed by atoms with Crippen molar-refractivity contribution in [1.82, 2.24) is 4.72 Å². The Balaban J connectivity index is 2.26. The van der Waals surface area contributed by atoms with Crippen LogP contribution in [0.2, 0.25) is 0 Å². The van der Waals surface area contributed by atoms with Gasteiger partial charge in [-0.05, 0) is 17.7 Å². The third-order valence-electron chi connectivity index (χ3n) is 1.93. The molecule has 1 aliphatic heterocycles. The van der Waals surface area contributed by atoms with E-state index >= 15 is 0 Å². The highest BCUT2D eigenvalue weighted by Gasteiger charge is 2.28. The van der Waals surface area contributed by atoms with Crippen LogP contribution in [0.3, 0.4) is 0 Å². The van der Waals surface area contributed by atoms with Crippen LogP contribution in [0.5, 0.6) is 0 Å². The molecule has 0 aromatic heterocycles. The number of nitrogens with one attached hydrogen (secondary N) is 1. The van der Waals surface area contributed by atoms with Gasteiger partial charge in [0.25, 0.3) is 0 Å². The average Bonchev–Trinajstić information content (AvgIpc) is 2.46. The predicted octanol–water partition coefficient (Wildman–Crippen LogP) is 0.731. The maximum atomic E-state index is 12.8. The minimum atomic E-state index is -3.63. The Labute approximate surface area is 81.0 Å². The lowest BCUT2D eigenvalue weighted by molar-refractivity contribution is 0.338. The molecule has 76 valence electrons. The van der Waals surface area contributed by atoms with Crippen molar-refractivity contribution in [3.8, 4) is 0 Å². The van der Waals surface area contributed by atoms with E-state index in [4.69, 9.17) is 0 Å². The highest BCUT2D eigenvalue weighted by molar-refractivity contribution is 7.84. The Kier molecular flexibility index (Phi) is 2.26. The standard InChI is InChI=1S/C8H8FNO3S/c9-7-3-1-2-6(4-7)8-5-13-14(11,12)10-8/h1-4,8,10H,5H2/t8-/m1/s1. The van der Waals surface area contributed by atoms with Crippen molar-refractivity contribution in [2.45, 2.75) is 6.04 Å². The highest BCUT2D eigenvalue weighted by Crippen LogP contribution is 2.20. The van der Waals surface area contributed by atoms with Gasteiger partial charge >= 0.3 is 10.3 Å². The molecule has 2 rings (SSSR count). The Hall–Kier alpha value is -0.980. The van der Waals surface area contributed by atoms with Gasteiger partial charge in [0.1, 0.15) is 5.82 Å². The molecule has 1 heterocycles. The Bertz CT molecular complexity index is 446. The zero-order chi connectivity index (χ0) is 10.2. The molecule has 1 N–H and O–H groups in total. The zero-order valence-corrected chi connectivity index (χ0v) is 7.92. The minimum Gasteiger partial charge on any atom is -0.256 e. The lowest BCUT2D eigenvalue weighted by Crippen LogP contribution is -2.19. The van der Waals surface area contributed by atoms with Gasteiger partial charge < -0.3 is 0 Å². The van der Waals surface area contributed by atoms with Crippen LogP contribution < -0.4 is 4.72 Å². The lowest BCUT2D eigenvalue weighted by Gasteiger charge is -2.05. The number of halogens is 1. The Morgan fingerprint density at radius 2 is 2.29 bits per heavy atom. The predicted molar refractivity (Wildman–Crippen MR) is 47.1 cm³/mol. The summed E-state index contributed by atoms with van der Waals surface area (Å²) in [6.45, 7) is 0.00574. The van der Waals surface area contributed by atoms with Crippen molar-refractivity contribution in [3.63, 3.8) is 0 Å². The van der Waals surface area contributed by atoms with Gasteiger partial charge in [-0.2, -0.15) is 13.1 Å². The van der Waals surface area contributed by atoms with E-state index in [-0.39, 0.29) is 6.61 Å². The molecule has 6 heteroatoms. The molecule has 4 nitrogen and oxygen atoms in total. The second kappa shape index (κ2) is 3.30. The van der Waals surface area contributed by atoms with E-state index in [9.17, 15) is 12.8 Å². The topological polar surface area (TPSA) is 55.4 Å². The molecule has 0 unspecified atom stereocenters. The van der Waals surface area contributed by atoms with Gasteiger partial charge in [-0.25, -0.2) is 4.39 Å². The van der Waals surface area contributed by atoms with E-state index < -0.39 is 22.2 Å². The van der Waals surface area contributed by atoms with Gasteiger partial charge in [0.05, 0.1) is 12.6 Å². The molecule has 1 aliphatic rings. The fourth-order valence-corrected chi connectivity index (χ4v) is 2.22. The summed E-state index contributed by atoms with van der Waals surface area (Å²) < 4.78 is 41.3. The summed E-state index contributed by atoms with van der Waals surface area (Å²) in [6.07, 6.45) is 0. The van der Waals surface area contributed by atoms with E-state index in [2.05, 4.69) is 8.91 Å². The SMILES string of the molecule is O=S1(=O)N[C@@H](c2cccc(F)c2)CO1. The van der Waals surface area contributed by atoms with Crippen molar-refractivity contribution < 1.29 is 17.0 Å². The number of rotatable bonds is 1. The lowest BCUT2D eigenvalue weighted by atomic mass is 10.1. The van der Waals surface area contributed by atoms with E-state index in [1.54, 1.807) is 6.07 Å². The van der Waals surface area contributed by atoms with Crippen LogP contribution in [-0.4, -0.2) is 15.0 Å². The maximum absolute atomic E-state index is 12.8. The summed E-state index contributed by atoms with van der Waals surface area (Å²) in [4.78, 5) is 0. The van der Waals surface area contributed by atoms with Crippen molar-refractivity contribution in [1.29, 1.82) is 0 Å². The van der Waals surface area contributed by atoms with Gasteiger partial charge in [-0.1, -0.05) is 12.1 Å². The van der Waals surface area contributed by atoms with Crippen LogP contribution in [0.4, 0.5) is 4.39 Å². The third-order valence-corrected chi connectivity index (χ3v) is 2.95. The first-order valence-corrected chi connectivity index (χ1v) is 5.40. The molecule has 1 aromatic carbocycles. The van der Waals surface area contributed by atoms with Crippen LogP contribution in [0.1, 0.15) is 11.6 Å². The van der Waals surface area contributed by atoms with Crippen LogP contribution >= 0.6 is 0 Å². The zero-order valence-electron chi connectivity index (χ0n) is 7.10. The summed E-state index contributed by atoms with van der Waals surface area (Å²) >= 11 is 0. The second-order valence-electron chi connectivity index (χ2n) is 2.96. The van der Waals surface area contributed by atoms with E-state index in [0.29, 0.717) is 5.56 Å². The van der Waals surface area contributed by atoms with Crippen LogP contribution in [0.15, 0.2) is 24.3 Å². The summed E-state index contributed by atoms with van der Waals surface area (Å²) in [5.41, 5.74) is 0.561. The first-order chi connectivity index (χ1) is 6.57. The molecule has 1 atom stereocenters. The largest absolute Gasteiger partial charge is 0.336 e. The molecule has 1 saturated heterocycles. The van der Waals surface area contributed by atoms with Crippen LogP contribution in [0.25, 0.3) is 0 Å². The Morgan fingerprint density at radius 1 is 1.50 bits per heavy atom. The minimum absolute atomic E-state index is 0.00574. The van der Waals surface area contributed by atoms with E-state index in [1.165, 1.54) is 18.2 Å².